The zero-order valence-electron chi connectivity index (χ0n) is 19.5. The van der Waals surface area contributed by atoms with Gasteiger partial charge in [-0.3, -0.25) is 9.59 Å². The van der Waals surface area contributed by atoms with Crippen LogP contribution in [0.4, 0.5) is 11.4 Å². The topological polar surface area (TPSA) is 121 Å². The molecule has 184 valence electrons. The summed E-state index contributed by atoms with van der Waals surface area (Å²) >= 11 is 1.25. The fraction of sp³-hybridized carbons (Fsp3) is 0.208. The molecule has 1 heterocycles. The minimum atomic E-state index is -0.847. The average molecular weight is 501 g/mol. The van der Waals surface area contributed by atoms with Crippen LogP contribution >= 0.6 is 11.3 Å². The molecule has 2 aromatic carbocycles. The Morgan fingerprint density at radius 1 is 0.800 bits per heavy atom. The van der Waals surface area contributed by atoms with Crippen molar-refractivity contribution in [2.45, 2.75) is 0 Å². The highest BCUT2D eigenvalue weighted by Crippen LogP contribution is 2.34. The van der Waals surface area contributed by atoms with E-state index < -0.39 is 24.4 Å². The summed E-state index contributed by atoms with van der Waals surface area (Å²) in [6, 6.07) is 11.1. The first-order valence-electron chi connectivity index (χ1n) is 10.2. The zero-order valence-corrected chi connectivity index (χ0v) is 20.3. The molecule has 0 radical (unpaired) electrons. The molecule has 0 spiro atoms. The fourth-order valence-electron chi connectivity index (χ4n) is 3.05. The lowest BCUT2D eigenvalue weighted by Gasteiger charge is -2.15. The second kappa shape index (κ2) is 11.7. The summed E-state index contributed by atoms with van der Waals surface area (Å²) in [6.45, 7) is -0.591. The predicted molar refractivity (Wildman–Crippen MR) is 130 cm³/mol. The summed E-state index contributed by atoms with van der Waals surface area (Å²) in [5.41, 5.74) is 0.475. The van der Waals surface area contributed by atoms with Gasteiger partial charge in [-0.25, -0.2) is 4.79 Å². The summed E-state index contributed by atoms with van der Waals surface area (Å²) in [7, 11) is 5.79. The number of nitrogens with one attached hydrogen (secondary N) is 2. The third-order valence-corrected chi connectivity index (χ3v) is 5.62. The Balaban J connectivity index is 1.77. The monoisotopic (exact) mass is 500 g/mol. The van der Waals surface area contributed by atoms with Gasteiger partial charge in [-0.15, -0.1) is 11.3 Å². The van der Waals surface area contributed by atoms with Gasteiger partial charge in [-0.05, 0) is 23.6 Å². The lowest BCUT2D eigenvalue weighted by molar-refractivity contribution is -0.119. The molecule has 0 unspecified atom stereocenters. The van der Waals surface area contributed by atoms with Crippen molar-refractivity contribution in [2.75, 3.05) is 45.7 Å². The van der Waals surface area contributed by atoms with Gasteiger partial charge in [0.15, 0.2) is 18.1 Å². The Morgan fingerprint density at radius 2 is 1.51 bits per heavy atom. The van der Waals surface area contributed by atoms with Gasteiger partial charge in [0.1, 0.15) is 11.5 Å². The maximum atomic E-state index is 12.9. The number of anilines is 2. The molecule has 2 amide bonds. The van der Waals surface area contributed by atoms with Crippen LogP contribution < -0.4 is 29.6 Å². The number of hydrogen-bond acceptors (Lipinski definition) is 9. The predicted octanol–water partition coefficient (Wildman–Crippen LogP) is 3.83. The van der Waals surface area contributed by atoms with Gasteiger partial charge in [0.2, 0.25) is 0 Å². The van der Waals surface area contributed by atoms with Crippen LogP contribution in [0.15, 0.2) is 47.8 Å². The SMILES string of the molecule is COc1ccc(OC)c(NC(=O)COC(=O)c2cc(OC)c(OC)cc2NC(=O)c2cccs2)c1. The van der Waals surface area contributed by atoms with Crippen molar-refractivity contribution in [3.05, 3.63) is 58.3 Å². The molecule has 0 saturated heterocycles. The number of ether oxygens (including phenoxy) is 5. The van der Waals surface area contributed by atoms with E-state index in [-0.39, 0.29) is 17.0 Å². The van der Waals surface area contributed by atoms with Crippen molar-refractivity contribution in [2.24, 2.45) is 0 Å². The molecule has 35 heavy (non-hydrogen) atoms. The van der Waals surface area contributed by atoms with E-state index in [9.17, 15) is 14.4 Å². The number of carbonyl (C=O) groups excluding carboxylic acids is 3. The summed E-state index contributed by atoms with van der Waals surface area (Å²) in [4.78, 5) is 38.4. The Morgan fingerprint density at radius 3 is 2.14 bits per heavy atom. The molecule has 0 aliphatic carbocycles. The summed E-state index contributed by atoms with van der Waals surface area (Å²) in [5, 5.41) is 7.05. The van der Waals surface area contributed by atoms with Crippen LogP contribution in [0.5, 0.6) is 23.0 Å². The van der Waals surface area contributed by atoms with E-state index in [1.807, 2.05) is 0 Å². The molecule has 3 aromatic rings. The van der Waals surface area contributed by atoms with Crippen LogP contribution in [0.1, 0.15) is 20.0 Å². The molecule has 10 nitrogen and oxygen atoms in total. The third-order valence-electron chi connectivity index (χ3n) is 4.75. The minimum absolute atomic E-state index is 0.0145. The summed E-state index contributed by atoms with van der Waals surface area (Å²) < 4.78 is 26.1. The van der Waals surface area contributed by atoms with Crippen LogP contribution in [0.25, 0.3) is 0 Å². The lowest BCUT2D eigenvalue weighted by atomic mass is 10.1. The van der Waals surface area contributed by atoms with Crippen LogP contribution in [-0.4, -0.2) is 52.8 Å². The van der Waals surface area contributed by atoms with Gasteiger partial charge >= 0.3 is 5.97 Å². The van der Waals surface area contributed by atoms with E-state index in [1.165, 1.54) is 51.9 Å². The largest absolute Gasteiger partial charge is 0.497 e. The number of carbonyl (C=O) groups is 3. The molecule has 0 saturated carbocycles. The molecule has 11 heteroatoms. The maximum Gasteiger partial charge on any atom is 0.340 e. The Labute approximate surface area is 205 Å². The minimum Gasteiger partial charge on any atom is -0.497 e. The summed E-state index contributed by atoms with van der Waals surface area (Å²) in [5.74, 6) is -0.398. The summed E-state index contributed by atoms with van der Waals surface area (Å²) in [6.07, 6.45) is 0. The van der Waals surface area contributed by atoms with Gasteiger partial charge in [0, 0.05) is 18.2 Å². The van der Waals surface area contributed by atoms with Gasteiger partial charge in [-0.2, -0.15) is 0 Å². The second-order valence-electron chi connectivity index (χ2n) is 6.87. The van der Waals surface area contributed by atoms with Crippen molar-refractivity contribution in [1.82, 2.24) is 0 Å². The van der Waals surface area contributed by atoms with Crippen LogP contribution in [0, 0.1) is 0 Å². The number of thiophene rings is 1. The van der Waals surface area contributed by atoms with Crippen molar-refractivity contribution in [3.8, 4) is 23.0 Å². The number of esters is 1. The molecule has 0 atom stereocenters. The number of hydrogen-bond donors (Lipinski definition) is 2. The first kappa shape index (κ1) is 25.4. The molecular formula is C24H24N2O8S. The van der Waals surface area contributed by atoms with Crippen molar-refractivity contribution in [1.29, 1.82) is 0 Å². The lowest BCUT2D eigenvalue weighted by Crippen LogP contribution is -2.22. The first-order chi connectivity index (χ1) is 16.9. The highest BCUT2D eigenvalue weighted by Gasteiger charge is 2.21. The van der Waals surface area contributed by atoms with Crippen LogP contribution in [0.2, 0.25) is 0 Å². The molecule has 0 bridgehead atoms. The molecular weight excluding hydrogens is 476 g/mol. The highest BCUT2D eigenvalue weighted by atomic mass is 32.1. The van der Waals surface area contributed by atoms with Crippen molar-refractivity contribution in [3.63, 3.8) is 0 Å². The number of rotatable bonds is 10. The van der Waals surface area contributed by atoms with E-state index in [4.69, 9.17) is 23.7 Å². The second-order valence-corrected chi connectivity index (χ2v) is 7.82. The number of methoxy groups -OCH3 is 4. The van der Waals surface area contributed by atoms with Crippen LogP contribution in [0.3, 0.4) is 0 Å². The molecule has 0 aliphatic heterocycles. The van der Waals surface area contributed by atoms with Gasteiger partial charge < -0.3 is 34.3 Å². The Bertz CT molecular complexity index is 1210. The quantitative estimate of drug-likeness (QED) is 0.403. The zero-order chi connectivity index (χ0) is 25.4. The number of amides is 2. The van der Waals surface area contributed by atoms with E-state index in [0.717, 1.165) is 0 Å². The molecule has 0 fully saturated rings. The maximum absolute atomic E-state index is 12.9. The van der Waals surface area contributed by atoms with Crippen molar-refractivity contribution >= 4 is 40.5 Å². The van der Waals surface area contributed by atoms with Crippen molar-refractivity contribution < 1.29 is 38.1 Å². The number of benzene rings is 2. The fourth-order valence-corrected chi connectivity index (χ4v) is 3.67. The van der Waals surface area contributed by atoms with E-state index >= 15 is 0 Å². The molecule has 0 aliphatic rings. The van der Waals surface area contributed by atoms with Gasteiger partial charge in [-0.1, -0.05) is 6.07 Å². The van der Waals surface area contributed by atoms with E-state index in [1.54, 1.807) is 35.7 Å². The molecule has 3 rings (SSSR count). The standard InChI is InChI=1S/C24H24N2O8S/c1-30-14-7-8-18(31-2)17(10-14)25-22(27)13-34-24(29)15-11-19(32-3)20(33-4)12-16(15)26-23(28)21-6-5-9-35-21/h5-12H,13H2,1-4H3,(H,25,27)(H,26,28). The first-order valence-corrected chi connectivity index (χ1v) is 11.1. The Hall–Kier alpha value is -4.25. The average Bonchev–Trinajstić information content (AvgIpc) is 3.42. The smallest absolute Gasteiger partial charge is 0.340 e. The van der Waals surface area contributed by atoms with Gasteiger partial charge in [0.25, 0.3) is 11.8 Å². The third kappa shape index (κ3) is 6.21. The Kier molecular flexibility index (Phi) is 8.52. The van der Waals surface area contributed by atoms with E-state index in [0.29, 0.717) is 27.8 Å². The molecule has 1 aromatic heterocycles. The normalized spacial score (nSPS) is 10.2. The van der Waals surface area contributed by atoms with E-state index in [2.05, 4.69) is 10.6 Å². The highest BCUT2D eigenvalue weighted by molar-refractivity contribution is 7.12. The van der Waals surface area contributed by atoms with Gasteiger partial charge in [0.05, 0.1) is 50.3 Å². The van der Waals surface area contributed by atoms with Crippen LogP contribution in [-0.2, 0) is 9.53 Å². The molecule has 2 N–H and O–H groups in total.